The topological polar surface area (TPSA) is 50.6 Å². The SMILES string of the molecule is CCc1cn2c(n1)[C@]1(CCN(Cc3cccc(OC(C)C)c3)[C@@H](C)C1)N(c1cccc(F)c1)C2=O. The third kappa shape index (κ3) is 4.22. The second kappa shape index (κ2) is 9.11. The summed E-state index contributed by atoms with van der Waals surface area (Å²) in [6.45, 7) is 9.90. The Hall–Kier alpha value is -3.19. The highest BCUT2D eigenvalue weighted by Crippen LogP contribution is 2.47. The van der Waals surface area contributed by atoms with Crippen LogP contribution in [0.1, 0.15) is 57.6 Å². The minimum absolute atomic E-state index is 0.129. The molecule has 1 amide bonds. The number of likely N-dealkylation sites (tertiary alicyclic amines) is 1. The molecule has 0 bridgehead atoms. The van der Waals surface area contributed by atoms with Gasteiger partial charge in [-0.05, 0) is 75.9 Å². The number of ether oxygens (including phenoxy) is 1. The Morgan fingerprint density at radius 3 is 2.71 bits per heavy atom. The Labute approximate surface area is 206 Å². The maximum absolute atomic E-state index is 14.2. The van der Waals surface area contributed by atoms with Gasteiger partial charge in [-0.3, -0.25) is 14.4 Å². The maximum Gasteiger partial charge on any atom is 0.335 e. The molecule has 1 fully saturated rings. The van der Waals surface area contributed by atoms with E-state index in [1.165, 1.54) is 17.7 Å². The standard InChI is InChI=1S/C28H33FN4O2/c1-5-23-18-32-26(30-23)28(33(27(32)34)24-10-7-9-22(29)15-24)12-13-31(20(4)16-28)17-21-8-6-11-25(14-21)35-19(2)3/h6-11,14-15,18-20H,5,12-13,16-17H2,1-4H3/t20-,28+/m0/s1. The van der Waals surface area contributed by atoms with Crippen LogP contribution in [-0.4, -0.2) is 39.2 Å². The number of hydrogen-bond donors (Lipinski definition) is 0. The lowest BCUT2D eigenvalue weighted by Gasteiger charge is -2.47. The first-order chi connectivity index (χ1) is 16.8. The molecule has 1 aromatic heterocycles. The van der Waals surface area contributed by atoms with Crippen LogP contribution >= 0.6 is 0 Å². The number of carbonyl (C=O) groups excluding carboxylic acids is 1. The van der Waals surface area contributed by atoms with Crippen molar-refractivity contribution in [3.63, 3.8) is 0 Å². The second-order valence-corrected chi connectivity index (χ2v) is 10.00. The highest BCUT2D eigenvalue weighted by molar-refractivity contribution is 5.98. The Bertz CT molecular complexity index is 1240. The molecule has 0 unspecified atom stereocenters. The molecular formula is C28H33FN4O2. The van der Waals surface area contributed by atoms with Gasteiger partial charge in [-0.15, -0.1) is 0 Å². The second-order valence-electron chi connectivity index (χ2n) is 10.00. The summed E-state index contributed by atoms with van der Waals surface area (Å²) in [7, 11) is 0. The van der Waals surface area contributed by atoms with Gasteiger partial charge in [0.15, 0.2) is 0 Å². The number of piperidine rings is 1. The molecule has 5 rings (SSSR count). The summed E-state index contributed by atoms with van der Waals surface area (Å²) >= 11 is 0. The van der Waals surface area contributed by atoms with Crippen LogP contribution in [0, 0.1) is 5.82 Å². The fourth-order valence-corrected chi connectivity index (χ4v) is 5.57. The Morgan fingerprint density at radius 1 is 1.20 bits per heavy atom. The van der Waals surface area contributed by atoms with Crippen molar-refractivity contribution in [2.75, 3.05) is 11.4 Å². The van der Waals surface area contributed by atoms with Crippen molar-refractivity contribution in [1.82, 2.24) is 14.5 Å². The van der Waals surface area contributed by atoms with E-state index in [9.17, 15) is 9.18 Å². The van der Waals surface area contributed by atoms with E-state index in [0.717, 1.165) is 49.6 Å². The number of aryl methyl sites for hydroxylation is 1. The number of aromatic nitrogens is 2. The first-order valence-corrected chi connectivity index (χ1v) is 12.5. The average Bonchev–Trinajstić information content (AvgIpc) is 3.34. The molecule has 2 atom stereocenters. The lowest BCUT2D eigenvalue weighted by molar-refractivity contribution is 0.0966. The van der Waals surface area contributed by atoms with E-state index in [-0.39, 0.29) is 24.0 Å². The number of anilines is 1. The van der Waals surface area contributed by atoms with Crippen molar-refractivity contribution in [2.45, 2.75) is 71.2 Å². The molecule has 2 aliphatic heterocycles. The van der Waals surface area contributed by atoms with Crippen molar-refractivity contribution in [2.24, 2.45) is 0 Å². The first kappa shape index (κ1) is 23.5. The molecule has 3 heterocycles. The van der Waals surface area contributed by atoms with Crippen LogP contribution in [0.5, 0.6) is 5.75 Å². The van der Waals surface area contributed by atoms with Gasteiger partial charge in [0.2, 0.25) is 0 Å². The molecular weight excluding hydrogens is 443 g/mol. The molecule has 0 aliphatic carbocycles. The van der Waals surface area contributed by atoms with Crippen molar-refractivity contribution in [1.29, 1.82) is 0 Å². The number of carbonyl (C=O) groups is 1. The first-order valence-electron chi connectivity index (χ1n) is 12.5. The van der Waals surface area contributed by atoms with Gasteiger partial charge in [-0.1, -0.05) is 25.1 Å². The summed E-state index contributed by atoms with van der Waals surface area (Å²) in [6, 6.07) is 14.6. The molecule has 1 spiro atoms. The van der Waals surface area contributed by atoms with Crippen molar-refractivity contribution >= 4 is 11.7 Å². The maximum atomic E-state index is 14.2. The van der Waals surface area contributed by atoms with Crippen molar-refractivity contribution in [3.05, 3.63) is 77.6 Å². The van der Waals surface area contributed by atoms with Crippen LogP contribution in [0.2, 0.25) is 0 Å². The Morgan fingerprint density at radius 2 is 2.00 bits per heavy atom. The summed E-state index contributed by atoms with van der Waals surface area (Å²) in [5.74, 6) is 1.31. The monoisotopic (exact) mass is 476 g/mol. The quantitative estimate of drug-likeness (QED) is 0.455. The van der Waals surface area contributed by atoms with Crippen LogP contribution in [0.15, 0.2) is 54.7 Å². The van der Waals surface area contributed by atoms with Gasteiger partial charge in [-0.2, -0.15) is 0 Å². The average molecular weight is 477 g/mol. The van der Waals surface area contributed by atoms with Crippen molar-refractivity contribution < 1.29 is 13.9 Å². The van der Waals surface area contributed by atoms with E-state index in [0.29, 0.717) is 5.69 Å². The van der Waals surface area contributed by atoms with E-state index >= 15 is 0 Å². The zero-order chi connectivity index (χ0) is 24.7. The van der Waals surface area contributed by atoms with Crippen molar-refractivity contribution in [3.8, 4) is 5.75 Å². The molecule has 184 valence electrons. The fourth-order valence-electron chi connectivity index (χ4n) is 5.57. The lowest BCUT2D eigenvalue weighted by atomic mass is 9.81. The van der Waals surface area contributed by atoms with E-state index in [2.05, 4.69) is 24.0 Å². The van der Waals surface area contributed by atoms with Crippen LogP contribution in [0.25, 0.3) is 0 Å². The molecule has 3 aromatic rings. The molecule has 2 aliphatic rings. The Balaban J connectivity index is 1.45. The van der Waals surface area contributed by atoms with E-state index < -0.39 is 5.54 Å². The number of rotatable bonds is 6. The summed E-state index contributed by atoms with van der Waals surface area (Å²) in [6.07, 6.45) is 4.18. The van der Waals surface area contributed by atoms with Gasteiger partial charge in [0.25, 0.3) is 0 Å². The van der Waals surface area contributed by atoms with Gasteiger partial charge < -0.3 is 4.74 Å². The zero-order valence-electron chi connectivity index (χ0n) is 20.9. The summed E-state index contributed by atoms with van der Waals surface area (Å²) in [4.78, 5) is 22.7. The zero-order valence-corrected chi connectivity index (χ0v) is 20.9. The highest BCUT2D eigenvalue weighted by atomic mass is 19.1. The largest absolute Gasteiger partial charge is 0.491 e. The number of halogens is 1. The molecule has 35 heavy (non-hydrogen) atoms. The molecule has 0 saturated carbocycles. The highest BCUT2D eigenvalue weighted by Gasteiger charge is 2.55. The predicted octanol–water partition coefficient (Wildman–Crippen LogP) is 5.74. The van der Waals surface area contributed by atoms with Gasteiger partial charge >= 0.3 is 6.03 Å². The number of hydrogen-bond acceptors (Lipinski definition) is 4. The molecule has 1 saturated heterocycles. The number of nitrogens with zero attached hydrogens (tertiary/aromatic N) is 4. The van der Waals surface area contributed by atoms with E-state index in [1.807, 2.05) is 45.2 Å². The van der Waals surface area contributed by atoms with Crippen LogP contribution in [-0.2, 0) is 18.5 Å². The minimum Gasteiger partial charge on any atom is -0.491 e. The molecule has 7 heteroatoms. The third-order valence-corrected chi connectivity index (χ3v) is 7.15. The van der Waals surface area contributed by atoms with Gasteiger partial charge in [0.05, 0.1) is 11.8 Å². The van der Waals surface area contributed by atoms with Crippen LogP contribution in [0.4, 0.5) is 14.9 Å². The lowest BCUT2D eigenvalue weighted by Crippen LogP contribution is -2.55. The smallest absolute Gasteiger partial charge is 0.335 e. The Kier molecular flexibility index (Phi) is 6.13. The van der Waals surface area contributed by atoms with Gasteiger partial charge in [-0.25, -0.2) is 14.2 Å². The van der Waals surface area contributed by atoms with E-state index in [1.54, 1.807) is 15.5 Å². The summed E-state index contributed by atoms with van der Waals surface area (Å²) in [5, 5.41) is 0. The fraction of sp³-hybridized carbons (Fsp3) is 0.429. The predicted molar refractivity (Wildman–Crippen MR) is 134 cm³/mol. The normalized spacial score (nSPS) is 22.3. The number of amides is 1. The molecule has 0 N–H and O–H groups in total. The molecule has 0 radical (unpaired) electrons. The number of benzene rings is 2. The molecule has 6 nitrogen and oxygen atoms in total. The van der Waals surface area contributed by atoms with Gasteiger partial charge in [0.1, 0.15) is 22.9 Å². The van der Waals surface area contributed by atoms with Crippen LogP contribution in [0.3, 0.4) is 0 Å². The summed E-state index contributed by atoms with van der Waals surface area (Å²) in [5.41, 5.74) is 2.09. The van der Waals surface area contributed by atoms with Gasteiger partial charge in [0, 0.05) is 31.0 Å². The third-order valence-electron chi connectivity index (χ3n) is 7.15. The van der Waals surface area contributed by atoms with E-state index in [4.69, 9.17) is 9.72 Å². The number of imidazole rings is 1. The summed E-state index contributed by atoms with van der Waals surface area (Å²) < 4.78 is 21.7. The molecule has 2 aromatic carbocycles. The number of fused-ring (bicyclic) bond motifs is 2. The van der Waals surface area contributed by atoms with Crippen LogP contribution < -0.4 is 9.64 Å². The minimum atomic E-state index is -0.600.